The van der Waals surface area contributed by atoms with E-state index in [9.17, 15) is 8.78 Å². The fraction of sp³-hybridized carbons (Fsp3) is 0.442. The van der Waals surface area contributed by atoms with Crippen molar-refractivity contribution >= 4 is 51.3 Å². The fourth-order valence-electron chi connectivity index (χ4n) is 8.69. The number of thiophene rings is 2. The summed E-state index contributed by atoms with van der Waals surface area (Å²) in [5.74, 6) is 3.29. The number of aryl methyl sites for hydroxylation is 1. The molecule has 2 aliphatic carbocycles. The Balaban J connectivity index is 0.000000184. The fourth-order valence-corrected chi connectivity index (χ4v) is 12.5. The van der Waals surface area contributed by atoms with E-state index in [0.717, 1.165) is 43.6 Å². The Labute approximate surface area is 335 Å². The zero-order valence-electron chi connectivity index (χ0n) is 31.0. The van der Waals surface area contributed by atoms with Crippen molar-refractivity contribution in [2.24, 2.45) is 21.5 Å². The molecule has 8 rings (SSSR count). The highest BCUT2D eigenvalue weighted by Gasteiger charge is 2.62. The van der Waals surface area contributed by atoms with Crippen molar-refractivity contribution in [3.8, 4) is 33.4 Å². The van der Waals surface area contributed by atoms with Crippen molar-refractivity contribution < 1.29 is 13.5 Å². The maximum atomic E-state index is 13.5. The van der Waals surface area contributed by atoms with E-state index < -0.39 is 17.1 Å². The van der Waals surface area contributed by atoms with Crippen molar-refractivity contribution in [3.63, 3.8) is 0 Å². The number of nitrogens with zero attached hydrogens (tertiary/aromatic N) is 4. The lowest BCUT2D eigenvalue weighted by molar-refractivity contribution is -0.210. The lowest BCUT2D eigenvalue weighted by atomic mass is 9.68. The number of thioether (sulfide) groups is 1. The third-order valence-electron chi connectivity index (χ3n) is 10.8. The Morgan fingerprint density at radius 3 is 2.38 bits per heavy atom. The Morgan fingerprint density at radius 2 is 1.67 bits per heavy atom. The molecule has 5 heterocycles. The largest absolute Gasteiger partial charge is 0.458 e. The summed E-state index contributed by atoms with van der Waals surface area (Å²) < 4.78 is 32.8. The van der Waals surface area contributed by atoms with Crippen LogP contribution in [0.15, 0.2) is 70.2 Å². The predicted octanol–water partition coefficient (Wildman–Crippen LogP) is 11.6. The third-order valence-corrected chi connectivity index (χ3v) is 14.8. The Kier molecular flexibility index (Phi) is 11.3. The van der Waals surface area contributed by atoms with Gasteiger partial charge < -0.3 is 16.2 Å². The van der Waals surface area contributed by atoms with Gasteiger partial charge in [-0.15, -0.1) is 28.6 Å². The number of alkyl halides is 2. The van der Waals surface area contributed by atoms with Gasteiger partial charge in [0.15, 0.2) is 5.17 Å². The van der Waals surface area contributed by atoms with Crippen molar-refractivity contribution in [2.45, 2.75) is 120 Å². The molecule has 1 aromatic carbocycles. The molecule has 0 amide bonds. The summed E-state index contributed by atoms with van der Waals surface area (Å²) in [6.07, 6.45) is 10.7. The number of hydrogen-bond donors (Lipinski definition) is 2. The first kappa shape index (κ1) is 40.4. The normalized spacial score (nSPS) is 24.2. The van der Waals surface area contributed by atoms with E-state index in [0.29, 0.717) is 12.1 Å². The van der Waals surface area contributed by atoms with Gasteiger partial charge in [-0.05, 0) is 105 Å². The average Bonchev–Trinajstić information content (AvgIpc) is 3.76. The molecule has 3 aromatic heterocycles. The minimum absolute atomic E-state index is 0. The monoisotopic (exact) mass is 798 g/mol. The number of aliphatic imine (C=N–C) groups is 2. The lowest BCUT2D eigenvalue weighted by Gasteiger charge is -2.51. The molecular formula is C43H48F2N6OS3. The number of rotatable bonds is 4. The van der Waals surface area contributed by atoms with Crippen molar-refractivity contribution in [1.29, 1.82) is 0 Å². The van der Waals surface area contributed by atoms with Crippen LogP contribution in [0.3, 0.4) is 0 Å². The Hall–Kier alpha value is -4.23. The SMILES string of the molecule is C.CC#Cc1cccc(-c2csc(C3(C)CC4(CC(F)(F)C4)OC(N)=N3)c2)c1.[C-]#[N+]c1cncc(-c2cc(C)c(C3(C)CC4(CCCCC4)SC(N)=N3)s2)c1. The minimum Gasteiger partial charge on any atom is -0.458 e. The summed E-state index contributed by atoms with van der Waals surface area (Å²) in [7, 11) is 0. The molecule has 7 nitrogen and oxygen atoms in total. The van der Waals surface area contributed by atoms with Crippen molar-refractivity contribution in [1.82, 2.24) is 4.98 Å². The summed E-state index contributed by atoms with van der Waals surface area (Å²) in [5, 5.41) is 2.79. The molecule has 2 atom stereocenters. The minimum atomic E-state index is -2.68. The zero-order chi connectivity index (χ0) is 38.4. The molecule has 2 unspecified atom stereocenters. The van der Waals surface area contributed by atoms with Crippen molar-refractivity contribution in [3.05, 3.63) is 92.5 Å². The molecule has 4 aliphatic rings. The average molecular weight is 799 g/mol. The molecule has 2 spiro atoms. The second-order valence-corrected chi connectivity index (χ2v) is 18.9. The predicted molar refractivity (Wildman–Crippen MR) is 226 cm³/mol. The number of benzene rings is 1. The molecule has 0 saturated heterocycles. The van der Waals surface area contributed by atoms with Crippen LogP contribution in [0.5, 0.6) is 0 Å². The van der Waals surface area contributed by atoms with Gasteiger partial charge in [0.25, 0.3) is 11.9 Å². The maximum Gasteiger partial charge on any atom is 0.283 e. The van der Waals surface area contributed by atoms with Gasteiger partial charge in [-0.1, -0.05) is 56.5 Å². The van der Waals surface area contributed by atoms with E-state index >= 15 is 0 Å². The number of pyridine rings is 1. The highest BCUT2D eigenvalue weighted by atomic mass is 32.2. The first-order valence-electron chi connectivity index (χ1n) is 18.2. The smallest absolute Gasteiger partial charge is 0.283 e. The molecule has 4 N–H and O–H groups in total. The van der Waals surface area contributed by atoms with Crippen LogP contribution in [0.4, 0.5) is 14.5 Å². The molecule has 2 fully saturated rings. The van der Waals surface area contributed by atoms with Crippen LogP contribution in [0.25, 0.3) is 26.4 Å². The first-order valence-corrected chi connectivity index (χ1v) is 20.7. The van der Waals surface area contributed by atoms with Gasteiger partial charge >= 0.3 is 0 Å². The summed E-state index contributed by atoms with van der Waals surface area (Å²) in [5.41, 5.74) is 16.3. The number of hydrogen-bond acceptors (Lipinski definition) is 9. The van der Waals surface area contributed by atoms with Crippen molar-refractivity contribution in [2.75, 3.05) is 0 Å². The van der Waals surface area contributed by atoms with Crippen LogP contribution in [0.2, 0.25) is 0 Å². The van der Waals surface area contributed by atoms with E-state index in [4.69, 9.17) is 27.8 Å². The Morgan fingerprint density at radius 1 is 0.909 bits per heavy atom. The molecule has 12 heteroatoms. The van der Waals surface area contributed by atoms with E-state index in [1.54, 1.807) is 28.9 Å². The number of ether oxygens (including phenoxy) is 1. The summed E-state index contributed by atoms with van der Waals surface area (Å²) >= 11 is 5.15. The lowest BCUT2D eigenvalue weighted by Crippen LogP contribution is -2.60. The molecule has 4 aromatic rings. The zero-order valence-corrected chi connectivity index (χ0v) is 33.4. The summed E-state index contributed by atoms with van der Waals surface area (Å²) in [6.45, 7) is 15.4. The topological polar surface area (TPSA) is 103 Å². The van der Waals surface area contributed by atoms with Crippen LogP contribution in [0, 0.1) is 25.3 Å². The summed E-state index contributed by atoms with van der Waals surface area (Å²) in [6, 6.07) is 14.2. The molecule has 2 saturated carbocycles. The van der Waals surface area contributed by atoms with Gasteiger partial charge in [0.2, 0.25) is 5.69 Å². The van der Waals surface area contributed by atoms with Crippen LogP contribution in [-0.4, -0.2) is 32.4 Å². The number of halogens is 2. The third kappa shape index (κ3) is 8.47. The highest BCUT2D eigenvalue weighted by Crippen LogP contribution is 2.56. The maximum absolute atomic E-state index is 13.5. The number of nitrogens with two attached hydrogens (primary N) is 2. The second kappa shape index (κ2) is 15.4. The second-order valence-electron chi connectivity index (χ2n) is 15.5. The molecule has 0 bridgehead atoms. The van der Waals surface area contributed by atoms with Crippen LogP contribution in [-0.2, 0) is 15.8 Å². The molecule has 288 valence electrons. The van der Waals surface area contributed by atoms with E-state index in [1.807, 2.05) is 62.1 Å². The molecule has 0 radical (unpaired) electrons. The molecule has 2 aliphatic heterocycles. The standard InChI is InChI=1S/C21H20F2N2OS.C21H24N4S2.CH4/c1-3-5-14-6-4-7-15(8-14)16-9-17(27-10-16)19(2)11-20(26-18(24)25-19)12-21(22,23)13-20;1-14-9-17(15-10-16(23-3)12-24-11-15)26-18(14)20(2)13-21(27-19(22)25-20)7-5-4-6-8-21;/h4,6-10H,11-13H2,1-2H3,(H2,24,25);9-12H,4-8,13H2,1-2H3,(H2,22,25);1H4. The highest BCUT2D eigenvalue weighted by molar-refractivity contribution is 8.15. The van der Waals surface area contributed by atoms with E-state index in [2.05, 4.69) is 58.0 Å². The van der Waals surface area contributed by atoms with Crippen LogP contribution < -0.4 is 11.5 Å². The van der Waals surface area contributed by atoms with E-state index in [1.165, 1.54) is 42.5 Å². The van der Waals surface area contributed by atoms with Gasteiger partial charge in [0.1, 0.15) is 11.1 Å². The van der Waals surface area contributed by atoms with Gasteiger partial charge in [0, 0.05) is 43.8 Å². The molecular weight excluding hydrogens is 751 g/mol. The first-order chi connectivity index (χ1) is 25.7. The van der Waals surface area contributed by atoms with E-state index in [-0.39, 0.29) is 36.6 Å². The quantitative estimate of drug-likeness (QED) is 0.158. The number of aromatic nitrogens is 1. The van der Waals surface area contributed by atoms with Gasteiger partial charge in [0.05, 0.1) is 25.0 Å². The van der Waals surface area contributed by atoms with Gasteiger partial charge in [-0.2, -0.15) is 0 Å². The van der Waals surface area contributed by atoms with Crippen LogP contribution >= 0.6 is 34.4 Å². The summed E-state index contributed by atoms with van der Waals surface area (Å²) in [4.78, 5) is 20.6. The molecule has 55 heavy (non-hydrogen) atoms. The number of amidine groups is 2. The Bertz CT molecular complexity index is 2230. The van der Waals surface area contributed by atoms with Gasteiger partial charge in [-0.25, -0.2) is 18.6 Å². The van der Waals surface area contributed by atoms with Gasteiger partial charge in [-0.3, -0.25) is 9.98 Å². The van der Waals surface area contributed by atoms with Crippen LogP contribution in [0.1, 0.15) is 107 Å².